The third kappa shape index (κ3) is 2.36. The summed E-state index contributed by atoms with van der Waals surface area (Å²) in [7, 11) is 1.87. The molecule has 2 aliphatic heterocycles. The average molecular weight is 275 g/mol. The van der Waals surface area contributed by atoms with Crippen molar-refractivity contribution in [3.8, 4) is 0 Å². The van der Waals surface area contributed by atoms with E-state index in [9.17, 15) is 9.59 Å². The van der Waals surface area contributed by atoms with E-state index in [2.05, 4.69) is 5.10 Å². The molecule has 2 aliphatic rings. The van der Waals surface area contributed by atoms with Crippen LogP contribution in [0.2, 0.25) is 0 Å². The average Bonchev–Trinajstić information content (AvgIpc) is 2.90. The molecule has 2 amide bonds. The second kappa shape index (κ2) is 5.32. The highest BCUT2D eigenvalue weighted by atomic mass is 16.5. The molecule has 0 aliphatic carbocycles. The van der Waals surface area contributed by atoms with Gasteiger partial charge < -0.3 is 9.64 Å². The van der Waals surface area contributed by atoms with Gasteiger partial charge in [0, 0.05) is 14.0 Å². The largest absolute Gasteiger partial charge is 0.447 e. The highest BCUT2D eigenvalue weighted by molar-refractivity contribution is 6.27. The van der Waals surface area contributed by atoms with Gasteiger partial charge in [0.15, 0.2) is 5.88 Å². The lowest BCUT2D eigenvalue weighted by Gasteiger charge is -2.11. The number of carbonyl (C=O) groups excluding carboxylic acids is 2. The molecule has 6 heteroatoms. The lowest BCUT2D eigenvalue weighted by molar-refractivity contribution is -0.139. The van der Waals surface area contributed by atoms with Crippen LogP contribution in [0.25, 0.3) is 0 Å². The molecule has 0 aromatic heterocycles. The van der Waals surface area contributed by atoms with Gasteiger partial charge in [-0.15, -0.1) is 0 Å². The highest BCUT2D eigenvalue weighted by Gasteiger charge is 2.31. The van der Waals surface area contributed by atoms with Gasteiger partial charge in [-0.3, -0.25) is 9.59 Å². The molecule has 106 valence electrons. The number of rotatable bonds is 2. The summed E-state index contributed by atoms with van der Waals surface area (Å²) in [6, 6.07) is 0. The summed E-state index contributed by atoms with van der Waals surface area (Å²) in [5, 5.41) is 4.93. The number of hydrogen-bond donors (Lipinski definition) is 0. The molecule has 20 heavy (non-hydrogen) atoms. The number of carbonyl (C=O) groups is 2. The molecule has 0 saturated carbocycles. The number of ether oxygens (including phenoxy) is 1. The minimum Gasteiger partial charge on any atom is -0.447 e. The fourth-order valence-electron chi connectivity index (χ4n) is 1.88. The molecule has 0 spiro atoms. The van der Waals surface area contributed by atoms with E-state index in [1.165, 1.54) is 6.92 Å². The topological polar surface area (TPSA) is 62.2 Å². The number of hydrazone groups is 1. The summed E-state index contributed by atoms with van der Waals surface area (Å²) in [6.45, 7) is 5.13. The minimum absolute atomic E-state index is 0.385. The summed E-state index contributed by atoms with van der Waals surface area (Å²) >= 11 is 0. The van der Waals surface area contributed by atoms with Crippen molar-refractivity contribution < 1.29 is 14.3 Å². The van der Waals surface area contributed by atoms with Crippen LogP contribution in [-0.4, -0.2) is 34.5 Å². The first-order valence-corrected chi connectivity index (χ1v) is 6.37. The molecule has 2 rings (SSSR count). The highest BCUT2D eigenvalue weighted by Crippen LogP contribution is 2.22. The number of amides is 2. The Morgan fingerprint density at radius 2 is 2.15 bits per heavy atom. The molecule has 0 radical (unpaired) electrons. The van der Waals surface area contributed by atoms with Gasteiger partial charge in [-0.1, -0.05) is 6.92 Å². The Hall–Kier alpha value is -2.37. The molecule has 0 saturated heterocycles. The maximum absolute atomic E-state index is 12.1. The van der Waals surface area contributed by atoms with Gasteiger partial charge in [-0.25, -0.2) is 0 Å². The lowest BCUT2D eigenvalue weighted by atomic mass is 10.1. The smallest absolute Gasteiger partial charge is 0.283 e. The van der Waals surface area contributed by atoms with Crippen LogP contribution in [0, 0.1) is 0 Å². The third-order valence-electron chi connectivity index (χ3n) is 3.19. The van der Waals surface area contributed by atoms with E-state index in [0.29, 0.717) is 23.6 Å². The summed E-state index contributed by atoms with van der Waals surface area (Å²) < 4.78 is 5.36. The Labute approximate surface area is 117 Å². The molecule has 0 fully saturated rings. The van der Waals surface area contributed by atoms with Crippen LogP contribution in [0.4, 0.5) is 0 Å². The lowest BCUT2D eigenvalue weighted by Crippen LogP contribution is -2.26. The van der Waals surface area contributed by atoms with Crippen LogP contribution in [0.3, 0.4) is 0 Å². The molecule has 0 N–H and O–H groups in total. The summed E-state index contributed by atoms with van der Waals surface area (Å²) in [5.74, 6) is -0.153. The Kier molecular flexibility index (Phi) is 3.74. The van der Waals surface area contributed by atoms with E-state index in [1.54, 1.807) is 18.4 Å². The molecule has 0 aromatic rings. The van der Waals surface area contributed by atoms with Crippen molar-refractivity contribution in [2.24, 2.45) is 5.10 Å². The van der Waals surface area contributed by atoms with Gasteiger partial charge in [-0.2, -0.15) is 10.1 Å². The molecule has 0 unspecified atom stereocenters. The normalized spacial score (nSPS) is 22.5. The van der Waals surface area contributed by atoms with Crippen LogP contribution in [0.5, 0.6) is 0 Å². The second-order valence-electron chi connectivity index (χ2n) is 4.56. The Bertz CT molecular complexity index is 584. The molecule has 0 bridgehead atoms. The molecule has 6 nitrogen and oxygen atoms in total. The van der Waals surface area contributed by atoms with Gasteiger partial charge in [-0.05, 0) is 25.5 Å². The standard InChI is InChI=1S/C14H17N3O3/c1-5-12-11(14(19)17(15-12)10(3)18)6-7-13-16(4)9(2)8-20-13/h6-8H,5H2,1-4H3/b11-6+,13-7+. The van der Waals surface area contributed by atoms with E-state index in [4.69, 9.17) is 4.74 Å². The van der Waals surface area contributed by atoms with Crippen molar-refractivity contribution in [1.29, 1.82) is 0 Å². The second-order valence-corrected chi connectivity index (χ2v) is 4.56. The zero-order valence-corrected chi connectivity index (χ0v) is 12.0. The Morgan fingerprint density at radius 1 is 1.45 bits per heavy atom. The quantitative estimate of drug-likeness (QED) is 0.720. The van der Waals surface area contributed by atoms with E-state index in [0.717, 1.165) is 10.7 Å². The van der Waals surface area contributed by atoms with Gasteiger partial charge in [0.25, 0.3) is 5.91 Å². The maximum Gasteiger partial charge on any atom is 0.283 e. The van der Waals surface area contributed by atoms with Crippen molar-refractivity contribution >= 4 is 17.5 Å². The Balaban J connectivity index is 2.27. The van der Waals surface area contributed by atoms with Crippen molar-refractivity contribution in [1.82, 2.24) is 9.91 Å². The Morgan fingerprint density at radius 3 is 2.65 bits per heavy atom. The SMILES string of the molecule is CCC1=NN(C(C)=O)C(=O)/C1=C/C=C1/OC=C(C)N1C. The minimum atomic E-state index is -0.392. The van der Waals surface area contributed by atoms with Crippen LogP contribution in [0.15, 0.2) is 40.7 Å². The summed E-state index contributed by atoms with van der Waals surface area (Å²) in [5.41, 5.74) is 2.01. The fraction of sp³-hybridized carbons (Fsp3) is 0.357. The first kappa shape index (κ1) is 14.0. The monoisotopic (exact) mass is 275 g/mol. The zero-order chi connectivity index (χ0) is 14.9. The van der Waals surface area contributed by atoms with Gasteiger partial charge >= 0.3 is 0 Å². The van der Waals surface area contributed by atoms with E-state index < -0.39 is 5.91 Å². The molecule has 2 heterocycles. The van der Waals surface area contributed by atoms with E-state index >= 15 is 0 Å². The molecule has 0 atom stereocenters. The van der Waals surface area contributed by atoms with Crippen LogP contribution >= 0.6 is 0 Å². The van der Waals surface area contributed by atoms with Crippen molar-refractivity contribution in [3.63, 3.8) is 0 Å². The van der Waals surface area contributed by atoms with Gasteiger partial charge in [0.1, 0.15) is 6.26 Å². The zero-order valence-electron chi connectivity index (χ0n) is 12.0. The van der Waals surface area contributed by atoms with E-state index in [1.807, 2.05) is 25.8 Å². The number of imide groups is 1. The maximum atomic E-state index is 12.1. The van der Waals surface area contributed by atoms with Crippen LogP contribution in [0.1, 0.15) is 27.2 Å². The van der Waals surface area contributed by atoms with Crippen LogP contribution < -0.4 is 0 Å². The van der Waals surface area contributed by atoms with Gasteiger partial charge in [0.05, 0.1) is 17.0 Å². The molecule has 0 aromatic carbocycles. The first-order valence-electron chi connectivity index (χ1n) is 6.37. The fourth-order valence-corrected chi connectivity index (χ4v) is 1.88. The summed E-state index contributed by atoms with van der Waals surface area (Å²) in [6.07, 6.45) is 5.57. The predicted molar refractivity (Wildman–Crippen MR) is 74.0 cm³/mol. The number of allylic oxidation sites excluding steroid dienone is 3. The number of hydrogen-bond acceptors (Lipinski definition) is 5. The van der Waals surface area contributed by atoms with E-state index in [-0.39, 0.29) is 5.91 Å². The van der Waals surface area contributed by atoms with Crippen molar-refractivity contribution in [3.05, 3.63) is 35.6 Å². The van der Waals surface area contributed by atoms with Crippen LogP contribution in [-0.2, 0) is 14.3 Å². The molecular weight excluding hydrogens is 258 g/mol. The summed E-state index contributed by atoms with van der Waals surface area (Å²) in [4.78, 5) is 25.3. The van der Waals surface area contributed by atoms with Crippen molar-refractivity contribution in [2.75, 3.05) is 7.05 Å². The number of nitrogens with zero attached hydrogens (tertiary/aromatic N) is 3. The third-order valence-corrected chi connectivity index (χ3v) is 3.19. The van der Waals surface area contributed by atoms with Crippen molar-refractivity contribution in [2.45, 2.75) is 27.2 Å². The van der Waals surface area contributed by atoms with Gasteiger partial charge in [0.2, 0.25) is 5.91 Å². The molecular formula is C14H17N3O3. The first-order chi connectivity index (χ1) is 9.45. The predicted octanol–water partition coefficient (Wildman–Crippen LogP) is 1.73.